The van der Waals surface area contributed by atoms with Gasteiger partial charge in [-0.1, -0.05) is 12.1 Å². The van der Waals surface area contributed by atoms with Gasteiger partial charge in [-0.2, -0.15) is 0 Å². The van der Waals surface area contributed by atoms with Crippen molar-refractivity contribution in [3.63, 3.8) is 0 Å². The minimum atomic E-state index is -0.957. The predicted octanol–water partition coefficient (Wildman–Crippen LogP) is 2.42. The first kappa shape index (κ1) is 14.2. The molecule has 6 heteroatoms. The van der Waals surface area contributed by atoms with Crippen LogP contribution in [0.4, 0.5) is 0 Å². The Balaban J connectivity index is 2.08. The number of carboxylic acid groups (broad SMARTS) is 1. The summed E-state index contributed by atoms with van der Waals surface area (Å²) in [5, 5.41) is 8.83. The number of nitrogens with zero attached hydrogens (tertiary/aromatic N) is 2. The number of carboxylic acids is 1. The fourth-order valence-electron chi connectivity index (χ4n) is 1.78. The maximum Gasteiger partial charge on any atom is 0.335 e. The number of carbonyl (C=O) groups excluding carboxylic acids is 1. The Morgan fingerprint density at radius 1 is 1.30 bits per heavy atom. The van der Waals surface area contributed by atoms with Gasteiger partial charge in [0.05, 0.1) is 16.8 Å². The van der Waals surface area contributed by atoms with Gasteiger partial charge in [-0.3, -0.25) is 4.79 Å². The molecule has 0 radical (unpaired) electrons. The molecule has 1 N–H and O–H groups in total. The van der Waals surface area contributed by atoms with Crippen molar-refractivity contribution < 1.29 is 14.7 Å². The van der Waals surface area contributed by atoms with Crippen molar-refractivity contribution in [3.8, 4) is 0 Å². The lowest BCUT2D eigenvalue weighted by Crippen LogP contribution is -2.26. The largest absolute Gasteiger partial charge is 0.478 e. The first-order valence-electron chi connectivity index (χ1n) is 5.97. The van der Waals surface area contributed by atoms with Gasteiger partial charge >= 0.3 is 5.97 Å². The van der Waals surface area contributed by atoms with Crippen LogP contribution in [0.5, 0.6) is 0 Å². The molecule has 0 aliphatic rings. The molecule has 0 aliphatic heterocycles. The van der Waals surface area contributed by atoms with Crippen molar-refractivity contribution in [2.75, 3.05) is 7.05 Å². The topological polar surface area (TPSA) is 70.5 Å². The van der Waals surface area contributed by atoms with Gasteiger partial charge in [0.25, 0.3) is 5.91 Å². The van der Waals surface area contributed by atoms with Gasteiger partial charge in [-0.05, 0) is 24.6 Å². The fourth-order valence-corrected chi connectivity index (χ4v) is 2.58. The Morgan fingerprint density at radius 2 is 1.95 bits per heavy atom. The molecular weight excluding hydrogens is 276 g/mol. The van der Waals surface area contributed by atoms with E-state index < -0.39 is 5.97 Å². The summed E-state index contributed by atoms with van der Waals surface area (Å²) in [6.45, 7) is 2.23. The molecule has 0 saturated carbocycles. The Morgan fingerprint density at radius 3 is 2.45 bits per heavy atom. The summed E-state index contributed by atoms with van der Waals surface area (Å²) in [6.07, 6.45) is 0. The molecule has 1 heterocycles. The average molecular weight is 290 g/mol. The molecule has 0 aliphatic carbocycles. The second kappa shape index (κ2) is 5.83. The van der Waals surface area contributed by atoms with Gasteiger partial charge in [0.2, 0.25) is 0 Å². The van der Waals surface area contributed by atoms with Crippen molar-refractivity contribution in [1.82, 2.24) is 9.88 Å². The van der Waals surface area contributed by atoms with Crippen molar-refractivity contribution >= 4 is 23.2 Å². The molecule has 2 rings (SSSR count). The maximum absolute atomic E-state index is 12.2. The Hall–Kier alpha value is -2.21. The van der Waals surface area contributed by atoms with Crippen LogP contribution >= 0.6 is 11.3 Å². The number of hydrogen-bond donors (Lipinski definition) is 1. The molecule has 1 aromatic carbocycles. The minimum absolute atomic E-state index is 0.0766. The summed E-state index contributed by atoms with van der Waals surface area (Å²) in [5.41, 5.74) is 3.50. The second-order valence-corrected chi connectivity index (χ2v) is 5.28. The quantitative estimate of drug-likeness (QED) is 0.938. The van der Waals surface area contributed by atoms with E-state index in [0.29, 0.717) is 11.4 Å². The Kier molecular flexibility index (Phi) is 4.14. The highest BCUT2D eigenvalue weighted by molar-refractivity contribution is 7.11. The summed E-state index contributed by atoms with van der Waals surface area (Å²) in [7, 11) is 1.71. The zero-order valence-corrected chi connectivity index (χ0v) is 12.0. The molecule has 5 nitrogen and oxygen atoms in total. The molecule has 2 aromatic rings. The summed E-state index contributed by atoms with van der Waals surface area (Å²) in [4.78, 5) is 29.3. The van der Waals surface area contributed by atoms with Gasteiger partial charge < -0.3 is 10.0 Å². The van der Waals surface area contributed by atoms with Crippen LogP contribution in [0.25, 0.3) is 0 Å². The van der Waals surface area contributed by atoms with E-state index in [1.165, 1.54) is 23.5 Å². The molecule has 104 valence electrons. The van der Waals surface area contributed by atoms with E-state index in [1.807, 2.05) is 0 Å². The first-order chi connectivity index (χ1) is 9.49. The Bertz CT molecular complexity index is 634. The van der Waals surface area contributed by atoms with Crippen LogP contribution in [0, 0.1) is 6.92 Å². The van der Waals surface area contributed by atoms with Crippen molar-refractivity contribution in [1.29, 1.82) is 0 Å². The maximum atomic E-state index is 12.2. The lowest BCUT2D eigenvalue weighted by atomic mass is 10.1. The number of carbonyl (C=O) groups is 2. The number of aromatic nitrogens is 1. The van der Waals surface area contributed by atoms with Crippen LogP contribution in [0.3, 0.4) is 0 Å². The normalized spacial score (nSPS) is 10.3. The predicted molar refractivity (Wildman–Crippen MR) is 76.0 cm³/mol. The summed E-state index contributed by atoms with van der Waals surface area (Å²) in [5.74, 6) is -1.03. The highest BCUT2D eigenvalue weighted by atomic mass is 32.1. The van der Waals surface area contributed by atoms with E-state index in [4.69, 9.17) is 5.11 Å². The van der Waals surface area contributed by atoms with Gasteiger partial charge in [-0.25, -0.2) is 9.78 Å². The smallest absolute Gasteiger partial charge is 0.335 e. The molecule has 0 bridgehead atoms. The number of aryl methyl sites for hydroxylation is 1. The average Bonchev–Trinajstić information content (AvgIpc) is 2.84. The van der Waals surface area contributed by atoms with E-state index in [1.54, 1.807) is 36.5 Å². The van der Waals surface area contributed by atoms with E-state index in [0.717, 1.165) is 11.3 Å². The van der Waals surface area contributed by atoms with Crippen LogP contribution in [0.1, 0.15) is 31.3 Å². The zero-order valence-electron chi connectivity index (χ0n) is 11.2. The lowest BCUT2D eigenvalue weighted by molar-refractivity contribution is 0.0695. The number of aromatic carboxylic acids is 1. The number of hydrogen-bond acceptors (Lipinski definition) is 4. The second-order valence-electron chi connectivity index (χ2n) is 4.43. The molecule has 0 saturated heterocycles. The molecule has 20 heavy (non-hydrogen) atoms. The van der Waals surface area contributed by atoms with E-state index >= 15 is 0 Å². The SMILES string of the molecule is Cc1ncsc1C(=O)N(C)Cc1ccc(C(=O)O)cc1. The standard InChI is InChI=1S/C14H14N2O3S/c1-9-12(20-8-15-9)13(17)16(2)7-10-3-5-11(6-4-10)14(18)19/h3-6,8H,7H2,1-2H3,(H,18,19). The van der Waals surface area contributed by atoms with Crippen LogP contribution in [-0.4, -0.2) is 33.9 Å². The summed E-state index contributed by atoms with van der Waals surface area (Å²) in [6, 6.07) is 6.50. The number of benzene rings is 1. The molecule has 0 unspecified atom stereocenters. The molecule has 0 fully saturated rings. The monoisotopic (exact) mass is 290 g/mol. The van der Waals surface area contributed by atoms with Gasteiger partial charge in [-0.15, -0.1) is 11.3 Å². The third-order valence-electron chi connectivity index (χ3n) is 2.91. The van der Waals surface area contributed by atoms with Crippen LogP contribution in [-0.2, 0) is 6.54 Å². The molecule has 0 spiro atoms. The Labute approximate surface area is 120 Å². The van der Waals surface area contributed by atoms with E-state index in [-0.39, 0.29) is 11.5 Å². The van der Waals surface area contributed by atoms with Crippen molar-refractivity contribution in [2.24, 2.45) is 0 Å². The highest BCUT2D eigenvalue weighted by Crippen LogP contribution is 2.16. The first-order valence-corrected chi connectivity index (χ1v) is 6.85. The highest BCUT2D eigenvalue weighted by Gasteiger charge is 2.16. The van der Waals surface area contributed by atoms with Gasteiger partial charge in [0.15, 0.2) is 0 Å². The van der Waals surface area contributed by atoms with Crippen LogP contribution < -0.4 is 0 Å². The number of thiazole rings is 1. The van der Waals surface area contributed by atoms with Crippen LogP contribution in [0.15, 0.2) is 29.8 Å². The van der Waals surface area contributed by atoms with E-state index in [2.05, 4.69) is 4.98 Å². The van der Waals surface area contributed by atoms with Gasteiger partial charge in [0.1, 0.15) is 4.88 Å². The van der Waals surface area contributed by atoms with Crippen molar-refractivity contribution in [2.45, 2.75) is 13.5 Å². The summed E-state index contributed by atoms with van der Waals surface area (Å²) >= 11 is 1.32. The van der Waals surface area contributed by atoms with E-state index in [9.17, 15) is 9.59 Å². The third kappa shape index (κ3) is 3.03. The molecule has 1 aromatic heterocycles. The number of amides is 1. The fraction of sp³-hybridized carbons (Fsp3) is 0.214. The summed E-state index contributed by atoms with van der Waals surface area (Å²) < 4.78 is 0. The zero-order chi connectivity index (χ0) is 14.7. The van der Waals surface area contributed by atoms with Crippen molar-refractivity contribution in [3.05, 3.63) is 51.5 Å². The lowest BCUT2D eigenvalue weighted by Gasteiger charge is -2.16. The molecular formula is C14H14N2O3S. The molecule has 1 amide bonds. The number of rotatable bonds is 4. The minimum Gasteiger partial charge on any atom is -0.478 e. The van der Waals surface area contributed by atoms with Gasteiger partial charge in [0, 0.05) is 13.6 Å². The third-order valence-corrected chi connectivity index (χ3v) is 3.82. The molecule has 0 atom stereocenters. The van der Waals surface area contributed by atoms with Crippen LogP contribution in [0.2, 0.25) is 0 Å².